The molecule has 30 heavy (non-hydrogen) atoms. The van der Waals surface area contributed by atoms with Crippen LogP contribution in [0.25, 0.3) is 0 Å². The molecule has 1 amide bonds. The lowest BCUT2D eigenvalue weighted by Gasteiger charge is -2.31. The summed E-state index contributed by atoms with van der Waals surface area (Å²) in [6, 6.07) is 8.02. The highest BCUT2D eigenvalue weighted by molar-refractivity contribution is 6.00. The van der Waals surface area contributed by atoms with Crippen molar-refractivity contribution in [3.05, 3.63) is 56.2 Å². The van der Waals surface area contributed by atoms with Crippen LogP contribution in [-0.2, 0) is 17.8 Å². The van der Waals surface area contributed by atoms with Gasteiger partial charge in [-0.15, -0.1) is 0 Å². The Balaban J connectivity index is 2.07. The molecule has 1 aliphatic rings. The highest BCUT2D eigenvalue weighted by Crippen LogP contribution is 2.34. The number of aromatic amines is 1. The topological polar surface area (TPSA) is 101 Å². The SMILES string of the molecule is CCCCN(C(=O)C1CCCc2ccccc21)c1c(N)n(CCCC)c(=O)[nH]c1=O. The number of unbranched alkanes of at least 4 members (excludes halogenated alkanes) is 2. The predicted octanol–water partition coefficient (Wildman–Crippen LogP) is 3.17. The van der Waals surface area contributed by atoms with Crippen molar-refractivity contribution < 1.29 is 4.79 Å². The van der Waals surface area contributed by atoms with Crippen LogP contribution >= 0.6 is 0 Å². The fourth-order valence-electron chi connectivity index (χ4n) is 4.22. The molecule has 1 heterocycles. The van der Waals surface area contributed by atoms with E-state index in [4.69, 9.17) is 5.73 Å². The molecule has 0 spiro atoms. The first-order valence-corrected chi connectivity index (χ1v) is 11.0. The summed E-state index contributed by atoms with van der Waals surface area (Å²) in [6.45, 7) is 4.86. The summed E-state index contributed by atoms with van der Waals surface area (Å²) in [5.74, 6) is -0.346. The number of carbonyl (C=O) groups excluding carboxylic acids is 1. The summed E-state index contributed by atoms with van der Waals surface area (Å²) in [5.41, 5.74) is 7.51. The lowest BCUT2D eigenvalue weighted by atomic mass is 9.82. The monoisotopic (exact) mass is 412 g/mol. The van der Waals surface area contributed by atoms with Crippen LogP contribution in [0, 0.1) is 0 Å². The number of nitrogens with one attached hydrogen (secondary N) is 1. The van der Waals surface area contributed by atoms with E-state index in [2.05, 4.69) is 11.1 Å². The summed E-state index contributed by atoms with van der Waals surface area (Å²) in [5, 5.41) is 0. The van der Waals surface area contributed by atoms with Gasteiger partial charge in [-0.1, -0.05) is 51.0 Å². The number of anilines is 2. The normalized spacial score (nSPS) is 15.6. The first-order chi connectivity index (χ1) is 14.5. The second-order valence-corrected chi connectivity index (χ2v) is 7.99. The van der Waals surface area contributed by atoms with E-state index in [0.717, 1.165) is 50.5 Å². The molecule has 0 bridgehead atoms. The van der Waals surface area contributed by atoms with E-state index in [1.54, 1.807) is 0 Å². The zero-order valence-electron chi connectivity index (χ0n) is 17.9. The van der Waals surface area contributed by atoms with Gasteiger partial charge in [0.1, 0.15) is 5.82 Å². The van der Waals surface area contributed by atoms with Gasteiger partial charge in [-0.25, -0.2) is 4.79 Å². The van der Waals surface area contributed by atoms with E-state index in [1.165, 1.54) is 15.0 Å². The van der Waals surface area contributed by atoms with E-state index in [0.29, 0.717) is 13.1 Å². The van der Waals surface area contributed by atoms with E-state index in [-0.39, 0.29) is 23.3 Å². The average molecular weight is 413 g/mol. The number of hydrogen-bond acceptors (Lipinski definition) is 4. The Morgan fingerprint density at radius 1 is 1.20 bits per heavy atom. The molecular formula is C23H32N4O3. The van der Waals surface area contributed by atoms with Crippen molar-refractivity contribution in [2.45, 2.75) is 71.3 Å². The fraction of sp³-hybridized carbons (Fsp3) is 0.522. The van der Waals surface area contributed by atoms with Gasteiger partial charge in [0.25, 0.3) is 5.56 Å². The second kappa shape index (κ2) is 9.78. The molecule has 1 aromatic carbocycles. The van der Waals surface area contributed by atoms with Crippen molar-refractivity contribution in [1.82, 2.24) is 9.55 Å². The maximum absolute atomic E-state index is 13.7. The molecule has 7 nitrogen and oxygen atoms in total. The lowest BCUT2D eigenvalue weighted by Crippen LogP contribution is -2.44. The molecule has 0 saturated heterocycles. The maximum Gasteiger partial charge on any atom is 0.330 e. The number of amides is 1. The molecule has 0 radical (unpaired) electrons. The summed E-state index contributed by atoms with van der Waals surface area (Å²) in [6.07, 6.45) is 5.89. The zero-order chi connectivity index (χ0) is 21.7. The molecule has 162 valence electrons. The van der Waals surface area contributed by atoms with Gasteiger partial charge in [-0.05, 0) is 43.2 Å². The van der Waals surface area contributed by atoms with E-state index in [1.807, 2.05) is 32.0 Å². The Labute approximate surface area is 176 Å². The third-order valence-corrected chi connectivity index (χ3v) is 5.89. The minimum atomic E-state index is -0.598. The Morgan fingerprint density at radius 2 is 1.93 bits per heavy atom. The molecule has 1 unspecified atom stereocenters. The molecule has 1 aromatic heterocycles. The van der Waals surface area contributed by atoms with Gasteiger partial charge in [0.2, 0.25) is 5.91 Å². The number of fused-ring (bicyclic) bond motifs is 1. The standard InChI is InChI=1S/C23H32N4O3/c1-3-5-14-26(19-20(24)27(15-6-4-2)23(30)25-21(19)28)22(29)18-13-9-11-16-10-7-8-12-17(16)18/h7-8,10,12,18H,3-6,9,11,13-15,24H2,1-2H3,(H,25,28,30). The Hall–Kier alpha value is -2.83. The molecule has 0 saturated carbocycles. The van der Waals surface area contributed by atoms with E-state index < -0.39 is 11.2 Å². The van der Waals surface area contributed by atoms with Gasteiger partial charge >= 0.3 is 5.69 Å². The van der Waals surface area contributed by atoms with Gasteiger partial charge in [-0.3, -0.25) is 19.1 Å². The van der Waals surface area contributed by atoms with Crippen LogP contribution in [0.3, 0.4) is 0 Å². The van der Waals surface area contributed by atoms with Crippen LogP contribution in [-0.4, -0.2) is 22.0 Å². The van der Waals surface area contributed by atoms with Gasteiger partial charge in [0.05, 0.1) is 5.92 Å². The van der Waals surface area contributed by atoms with Crippen LogP contribution in [0.1, 0.15) is 69.4 Å². The molecule has 2 aromatic rings. The minimum Gasteiger partial charge on any atom is -0.383 e. The Kier molecular flexibility index (Phi) is 7.13. The number of hydrogen-bond donors (Lipinski definition) is 2. The smallest absolute Gasteiger partial charge is 0.330 e. The van der Waals surface area contributed by atoms with Crippen molar-refractivity contribution in [2.24, 2.45) is 0 Å². The Bertz CT molecular complexity index is 1010. The first-order valence-electron chi connectivity index (χ1n) is 11.0. The molecule has 0 fully saturated rings. The quantitative estimate of drug-likeness (QED) is 0.695. The summed E-state index contributed by atoms with van der Waals surface area (Å²) >= 11 is 0. The van der Waals surface area contributed by atoms with Gasteiger partial charge < -0.3 is 10.6 Å². The summed E-state index contributed by atoms with van der Waals surface area (Å²) < 4.78 is 1.38. The van der Waals surface area contributed by atoms with Crippen molar-refractivity contribution in [1.29, 1.82) is 0 Å². The molecule has 3 rings (SSSR count). The lowest BCUT2D eigenvalue weighted by molar-refractivity contribution is -0.120. The van der Waals surface area contributed by atoms with Crippen LogP contribution < -0.4 is 21.9 Å². The number of rotatable bonds is 8. The summed E-state index contributed by atoms with van der Waals surface area (Å²) in [4.78, 5) is 42.7. The highest BCUT2D eigenvalue weighted by Gasteiger charge is 2.33. The van der Waals surface area contributed by atoms with Crippen LogP contribution in [0.4, 0.5) is 11.5 Å². The molecule has 1 aliphatic carbocycles. The minimum absolute atomic E-state index is 0.0748. The number of benzene rings is 1. The highest BCUT2D eigenvalue weighted by atomic mass is 16.2. The fourth-order valence-corrected chi connectivity index (χ4v) is 4.22. The molecule has 7 heteroatoms. The van der Waals surface area contributed by atoms with Crippen LogP contribution in [0.2, 0.25) is 0 Å². The van der Waals surface area contributed by atoms with Crippen molar-refractivity contribution in [3.8, 4) is 0 Å². The van der Waals surface area contributed by atoms with Crippen LogP contribution in [0.15, 0.2) is 33.9 Å². The van der Waals surface area contributed by atoms with Gasteiger partial charge in [0, 0.05) is 13.1 Å². The molecule has 1 atom stereocenters. The van der Waals surface area contributed by atoms with Crippen LogP contribution in [0.5, 0.6) is 0 Å². The third kappa shape index (κ3) is 4.35. The third-order valence-electron chi connectivity index (χ3n) is 5.89. The number of nitrogen functional groups attached to an aromatic ring is 1. The van der Waals surface area contributed by atoms with Gasteiger partial charge in [0.15, 0.2) is 5.69 Å². The number of aromatic nitrogens is 2. The van der Waals surface area contributed by atoms with E-state index >= 15 is 0 Å². The molecule has 3 N–H and O–H groups in total. The largest absolute Gasteiger partial charge is 0.383 e. The Morgan fingerprint density at radius 3 is 2.67 bits per heavy atom. The predicted molar refractivity (Wildman–Crippen MR) is 120 cm³/mol. The summed E-state index contributed by atoms with van der Waals surface area (Å²) in [7, 11) is 0. The number of aryl methyl sites for hydroxylation is 1. The maximum atomic E-state index is 13.7. The van der Waals surface area contributed by atoms with Crippen molar-refractivity contribution in [2.75, 3.05) is 17.2 Å². The van der Waals surface area contributed by atoms with Crippen molar-refractivity contribution >= 4 is 17.4 Å². The first kappa shape index (κ1) is 21.9. The number of nitrogens with two attached hydrogens (primary N) is 1. The van der Waals surface area contributed by atoms with Gasteiger partial charge in [-0.2, -0.15) is 0 Å². The zero-order valence-corrected chi connectivity index (χ0v) is 17.9. The number of nitrogens with zero attached hydrogens (tertiary/aromatic N) is 2. The number of H-pyrrole nitrogens is 1. The average Bonchev–Trinajstić information content (AvgIpc) is 2.74. The van der Waals surface area contributed by atoms with E-state index in [9.17, 15) is 14.4 Å². The number of carbonyl (C=O) groups is 1. The molecule has 0 aliphatic heterocycles. The second-order valence-electron chi connectivity index (χ2n) is 7.99. The van der Waals surface area contributed by atoms with Crippen molar-refractivity contribution in [3.63, 3.8) is 0 Å². The molecular weight excluding hydrogens is 380 g/mol.